The summed E-state index contributed by atoms with van der Waals surface area (Å²) in [6.07, 6.45) is 0. The molecule has 19 heavy (non-hydrogen) atoms. The molecule has 1 aromatic rings. The molecule has 6 heteroatoms. The van der Waals surface area contributed by atoms with E-state index in [4.69, 9.17) is 15.7 Å². The highest BCUT2D eigenvalue weighted by molar-refractivity contribution is 7.99. The van der Waals surface area contributed by atoms with Crippen molar-refractivity contribution in [3.05, 3.63) is 17.1 Å². The molecule has 0 amide bonds. The Morgan fingerprint density at radius 1 is 1.11 bits per heavy atom. The van der Waals surface area contributed by atoms with Crippen LogP contribution in [0.25, 0.3) is 0 Å². The molecule has 0 fully saturated rings. The van der Waals surface area contributed by atoms with Crippen LogP contribution in [0.4, 0.5) is 5.82 Å². The van der Waals surface area contributed by atoms with Gasteiger partial charge in [0.1, 0.15) is 5.69 Å². The van der Waals surface area contributed by atoms with Crippen LogP contribution < -0.4 is 10.0 Å². The van der Waals surface area contributed by atoms with Crippen LogP contribution in [0.5, 0.6) is 0 Å². The minimum atomic E-state index is 0.327. The highest BCUT2D eigenvalue weighted by atomic mass is 32.2. The van der Waals surface area contributed by atoms with Gasteiger partial charge in [-0.05, 0) is 18.8 Å². The smallest absolute Gasteiger partial charge is 0.170 e. The van der Waals surface area contributed by atoms with Gasteiger partial charge in [0.25, 0.3) is 0 Å². The Morgan fingerprint density at radius 2 is 1.68 bits per heavy atom. The Labute approximate surface area is 119 Å². The standard InChI is InChI=1S/C13H21N5S/c1-6-18-13-11(12(14)17-19-18)15-9(7(2)3)10(16-13)8(4)5/h7-8H,6H2,1-5H3,(H2,14,17). The molecule has 0 saturated heterocycles. The summed E-state index contributed by atoms with van der Waals surface area (Å²) in [5, 5.41) is 0. The summed E-state index contributed by atoms with van der Waals surface area (Å²) in [5.41, 5.74) is 8.76. The summed E-state index contributed by atoms with van der Waals surface area (Å²) in [7, 11) is 0. The summed E-state index contributed by atoms with van der Waals surface area (Å²) < 4.78 is 6.26. The molecule has 0 radical (unpaired) electrons. The lowest BCUT2D eigenvalue weighted by Crippen LogP contribution is -2.29. The molecule has 2 heterocycles. The number of nitrogens with zero attached hydrogens (tertiary/aromatic N) is 4. The largest absolute Gasteiger partial charge is 0.381 e. The maximum atomic E-state index is 5.96. The van der Waals surface area contributed by atoms with Crippen molar-refractivity contribution in [1.82, 2.24) is 9.97 Å². The summed E-state index contributed by atoms with van der Waals surface area (Å²) in [6.45, 7) is 11.4. The van der Waals surface area contributed by atoms with E-state index in [0.717, 1.165) is 23.8 Å². The van der Waals surface area contributed by atoms with Crippen molar-refractivity contribution in [2.45, 2.75) is 46.5 Å². The van der Waals surface area contributed by atoms with Gasteiger partial charge in [-0.15, -0.1) is 0 Å². The van der Waals surface area contributed by atoms with Crippen LogP contribution in [0.1, 0.15) is 63.5 Å². The zero-order valence-electron chi connectivity index (χ0n) is 12.1. The van der Waals surface area contributed by atoms with E-state index in [1.54, 1.807) is 0 Å². The molecule has 1 aliphatic rings. The van der Waals surface area contributed by atoms with Crippen LogP contribution in [0.15, 0.2) is 4.40 Å². The Bertz CT molecular complexity index is 510. The third kappa shape index (κ3) is 2.54. The fourth-order valence-electron chi connectivity index (χ4n) is 2.03. The van der Waals surface area contributed by atoms with E-state index in [-0.39, 0.29) is 0 Å². The third-order valence-corrected chi connectivity index (χ3v) is 3.94. The monoisotopic (exact) mass is 279 g/mol. The predicted octanol–water partition coefficient (Wildman–Crippen LogP) is 2.83. The van der Waals surface area contributed by atoms with Gasteiger partial charge in [-0.3, -0.25) is 4.31 Å². The molecule has 0 atom stereocenters. The Hall–Kier alpha value is -1.30. The van der Waals surface area contributed by atoms with Crippen LogP contribution in [0.3, 0.4) is 0 Å². The van der Waals surface area contributed by atoms with E-state index in [1.165, 1.54) is 12.1 Å². The van der Waals surface area contributed by atoms with E-state index in [2.05, 4.69) is 39.0 Å². The molecular formula is C13H21N5S. The van der Waals surface area contributed by atoms with E-state index in [9.17, 15) is 0 Å². The lowest BCUT2D eigenvalue weighted by molar-refractivity contribution is 0.723. The van der Waals surface area contributed by atoms with Gasteiger partial charge in [0, 0.05) is 6.54 Å². The second-order valence-corrected chi connectivity index (χ2v) is 6.02. The molecule has 0 spiro atoms. The number of aromatic nitrogens is 2. The van der Waals surface area contributed by atoms with Gasteiger partial charge in [-0.25, -0.2) is 9.97 Å². The molecule has 5 nitrogen and oxygen atoms in total. The number of nitrogens with two attached hydrogens (primary N) is 1. The average molecular weight is 279 g/mol. The molecule has 1 aliphatic heterocycles. The second kappa shape index (κ2) is 5.36. The van der Waals surface area contributed by atoms with Crippen molar-refractivity contribution in [2.24, 2.45) is 10.1 Å². The number of anilines is 1. The highest BCUT2D eigenvalue weighted by Crippen LogP contribution is 2.33. The third-order valence-electron chi connectivity index (χ3n) is 3.03. The number of rotatable bonds is 3. The summed E-state index contributed by atoms with van der Waals surface area (Å²) in [6, 6.07) is 0. The van der Waals surface area contributed by atoms with Crippen molar-refractivity contribution in [3.8, 4) is 0 Å². The minimum Gasteiger partial charge on any atom is -0.381 e. The summed E-state index contributed by atoms with van der Waals surface area (Å²) >= 11 is 1.34. The lowest BCUT2D eigenvalue weighted by Gasteiger charge is -2.26. The van der Waals surface area contributed by atoms with Crippen LogP contribution >= 0.6 is 12.1 Å². The van der Waals surface area contributed by atoms with Crippen LogP contribution in [-0.4, -0.2) is 22.3 Å². The minimum absolute atomic E-state index is 0.327. The number of hydrogen-bond acceptors (Lipinski definition) is 6. The first-order valence-electron chi connectivity index (χ1n) is 6.66. The van der Waals surface area contributed by atoms with Crippen molar-refractivity contribution in [1.29, 1.82) is 0 Å². The van der Waals surface area contributed by atoms with Crippen LogP contribution in [0.2, 0.25) is 0 Å². The Balaban J connectivity index is 2.64. The van der Waals surface area contributed by atoms with E-state index >= 15 is 0 Å². The topological polar surface area (TPSA) is 67.4 Å². The van der Waals surface area contributed by atoms with Gasteiger partial charge >= 0.3 is 0 Å². The normalized spacial score (nSPS) is 14.9. The molecule has 1 aromatic heterocycles. The van der Waals surface area contributed by atoms with Gasteiger partial charge in [0.15, 0.2) is 11.7 Å². The fraction of sp³-hybridized carbons (Fsp3) is 0.615. The first-order valence-corrected chi connectivity index (χ1v) is 7.39. The molecule has 104 valence electrons. The Morgan fingerprint density at radius 3 is 2.21 bits per heavy atom. The summed E-state index contributed by atoms with van der Waals surface area (Å²) in [4.78, 5) is 9.56. The SMILES string of the molecule is CCN1SN=C(N)c2nc(C(C)C)c(C(C)C)nc21. The van der Waals surface area contributed by atoms with E-state index in [1.807, 2.05) is 4.31 Å². The van der Waals surface area contributed by atoms with Gasteiger partial charge in [0.2, 0.25) is 0 Å². The molecule has 0 unspecified atom stereocenters. The van der Waals surface area contributed by atoms with Crippen LogP contribution in [0, 0.1) is 0 Å². The zero-order valence-corrected chi connectivity index (χ0v) is 13.0. The zero-order chi connectivity index (χ0) is 14.2. The van der Waals surface area contributed by atoms with Crippen molar-refractivity contribution < 1.29 is 0 Å². The van der Waals surface area contributed by atoms with Gasteiger partial charge < -0.3 is 5.73 Å². The summed E-state index contributed by atoms with van der Waals surface area (Å²) in [5.74, 6) is 1.98. The van der Waals surface area contributed by atoms with Gasteiger partial charge in [-0.1, -0.05) is 27.7 Å². The van der Waals surface area contributed by atoms with Crippen molar-refractivity contribution in [3.63, 3.8) is 0 Å². The van der Waals surface area contributed by atoms with Gasteiger partial charge in [-0.2, -0.15) is 4.40 Å². The van der Waals surface area contributed by atoms with E-state index in [0.29, 0.717) is 23.4 Å². The molecule has 0 saturated carbocycles. The van der Waals surface area contributed by atoms with Crippen molar-refractivity contribution >= 4 is 23.8 Å². The van der Waals surface area contributed by atoms with Gasteiger partial charge in [0.05, 0.1) is 23.5 Å². The van der Waals surface area contributed by atoms with Crippen molar-refractivity contribution in [2.75, 3.05) is 10.8 Å². The number of fused-ring (bicyclic) bond motifs is 1. The van der Waals surface area contributed by atoms with Crippen LogP contribution in [-0.2, 0) is 0 Å². The lowest BCUT2D eigenvalue weighted by atomic mass is 10.00. The Kier molecular flexibility index (Phi) is 3.99. The van der Waals surface area contributed by atoms with E-state index < -0.39 is 0 Å². The average Bonchev–Trinajstić information content (AvgIpc) is 2.37. The first kappa shape index (κ1) is 14.1. The second-order valence-electron chi connectivity index (χ2n) is 5.23. The molecule has 0 aliphatic carbocycles. The molecule has 2 N–H and O–H groups in total. The molecule has 0 bridgehead atoms. The fourth-order valence-corrected chi connectivity index (χ4v) is 2.62. The molecular weight excluding hydrogens is 258 g/mol. The molecule has 0 aromatic carbocycles. The highest BCUT2D eigenvalue weighted by Gasteiger charge is 2.26. The maximum absolute atomic E-state index is 5.96. The quantitative estimate of drug-likeness (QED) is 0.862. The molecule has 2 rings (SSSR count). The predicted molar refractivity (Wildman–Crippen MR) is 81.5 cm³/mol. The first-order chi connectivity index (χ1) is 8.95. The number of amidine groups is 1. The number of hydrogen-bond donors (Lipinski definition) is 1. The maximum Gasteiger partial charge on any atom is 0.170 e.